The van der Waals surface area contributed by atoms with E-state index in [0.717, 1.165) is 48.0 Å². The molecule has 1 aromatic carbocycles. The highest BCUT2D eigenvalue weighted by molar-refractivity contribution is 5.88. The van der Waals surface area contributed by atoms with Gasteiger partial charge >= 0.3 is 6.09 Å². The summed E-state index contributed by atoms with van der Waals surface area (Å²) in [4.78, 5) is 16.8. The largest absolute Gasteiger partial charge is 0.493 e. The van der Waals surface area contributed by atoms with E-state index < -0.39 is 6.09 Å². The fraction of sp³-hybridized carbons (Fsp3) is 0.481. The molecule has 0 fully saturated rings. The van der Waals surface area contributed by atoms with Gasteiger partial charge in [0.1, 0.15) is 17.6 Å². The van der Waals surface area contributed by atoms with E-state index in [2.05, 4.69) is 31.1 Å². The fourth-order valence-electron chi connectivity index (χ4n) is 4.01. The molecule has 0 saturated carbocycles. The Bertz CT molecular complexity index is 1060. The standard InChI is InChI=1S/C27H36N2O5/c1-7-8-9-10-17(2)33-27(30)29-21-11-12-23(19(4)18(21)3)34-24-13-14-28-22-16-26(32-6)25(31-5)15-20(22)24/h11-19H,7-10H2,1-6H3,(H,29,30)/t17?,18-,19+/m1/s1. The number of benzene rings is 1. The molecule has 1 aliphatic rings. The Balaban J connectivity index is 1.74. The van der Waals surface area contributed by atoms with E-state index >= 15 is 0 Å². The first-order chi connectivity index (χ1) is 16.4. The average Bonchev–Trinajstić information content (AvgIpc) is 2.83. The third-order valence-electron chi connectivity index (χ3n) is 6.32. The molecule has 1 aromatic heterocycles. The van der Waals surface area contributed by atoms with Crippen LogP contribution in [0.3, 0.4) is 0 Å². The second-order valence-corrected chi connectivity index (χ2v) is 8.74. The zero-order chi connectivity index (χ0) is 24.7. The van der Waals surface area contributed by atoms with Gasteiger partial charge < -0.3 is 18.9 Å². The summed E-state index contributed by atoms with van der Waals surface area (Å²) in [6.07, 6.45) is 9.22. The van der Waals surface area contributed by atoms with Crippen molar-refractivity contribution >= 4 is 17.0 Å². The molecule has 7 heteroatoms. The number of rotatable bonds is 10. The number of unbranched alkanes of at least 4 members (excludes halogenated alkanes) is 2. The number of amides is 1. The lowest BCUT2D eigenvalue weighted by Gasteiger charge is -2.29. The van der Waals surface area contributed by atoms with Crippen LogP contribution >= 0.6 is 0 Å². The molecule has 0 saturated heterocycles. The second-order valence-electron chi connectivity index (χ2n) is 8.74. The van der Waals surface area contributed by atoms with Crippen molar-refractivity contribution in [3.63, 3.8) is 0 Å². The molecule has 0 spiro atoms. The number of hydrogen-bond acceptors (Lipinski definition) is 6. The smallest absolute Gasteiger partial charge is 0.411 e. The molecule has 0 aliphatic heterocycles. The summed E-state index contributed by atoms with van der Waals surface area (Å²) >= 11 is 0. The summed E-state index contributed by atoms with van der Waals surface area (Å²) in [5, 5.41) is 3.75. The number of carbonyl (C=O) groups is 1. The molecular formula is C27H36N2O5. The van der Waals surface area contributed by atoms with E-state index in [1.165, 1.54) is 0 Å². The van der Waals surface area contributed by atoms with Crippen molar-refractivity contribution < 1.29 is 23.7 Å². The van der Waals surface area contributed by atoms with Crippen LogP contribution in [0.25, 0.3) is 10.9 Å². The number of hydrogen-bond donors (Lipinski definition) is 1. The molecule has 1 aliphatic carbocycles. The summed E-state index contributed by atoms with van der Waals surface area (Å²) in [6, 6.07) is 5.54. The molecule has 7 nitrogen and oxygen atoms in total. The van der Waals surface area contributed by atoms with Crippen LogP contribution in [0.2, 0.25) is 0 Å². The minimum absolute atomic E-state index is 0.0469. The number of allylic oxidation sites excluding steroid dienone is 4. The number of ether oxygens (including phenoxy) is 4. The molecule has 2 aromatic rings. The molecule has 1 N–H and O–H groups in total. The number of nitrogens with one attached hydrogen (secondary N) is 1. The molecule has 34 heavy (non-hydrogen) atoms. The Kier molecular flexibility index (Phi) is 8.79. The SMILES string of the molecule is CCCCCC(C)OC(=O)NC1=CC=C(Oc2ccnc3cc(OC)c(OC)cc23)[C@@H](C)[C@H]1C. The summed E-state index contributed by atoms with van der Waals surface area (Å²) in [5.41, 5.74) is 1.57. The molecule has 3 rings (SSSR count). The zero-order valence-electron chi connectivity index (χ0n) is 21.0. The van der Waals surface area contributed by atoms with Gasteiger partial charge in [-0.1, -0.05) is 33.6 Å². The molecule has 184 valence electrons. The van der Waals surface area contributed by atoms with Crippen molar-refractivity contribution in [2.45, 2.75) is 59.5 Å². The molecular weight excluding hydrogens is 432 g/mol. The molecule has 0 radical (unpaired) electrons. The highest BCUT2D eigenvalue weighted by Gasteiger charge is 2.27. The van der Waals surface area contributed by atoms with Gasteiger partial charge in [0.25, 0.3) is 0 Å². The predicted molar refractivity (Wildman–Crippen MR) is 133 cm³/mol. The van der Waals surface area contributed by atoms with Gasteiger partial charge in [0.15, 0.2) is 11.5 Å². The van der Waals surface area contributed by atoms with Crippen LogP contribution in [-0.4, -0.2) is 31.4 Å². The lowest BCUT2D eigenvalue weighted by Crippen LogP contribution is -2.33. The number of carbonyl (C=O) groups excluding carboxylic acids is 1. The van der Waals surface area contributed by atoms with Gasteiger partial charge in [-0.15, -0.1) is 0 Å². The summed E-state index contributed by atoms with van der Waals surface area (Å²) in [5.74, 6) is 2.81. The Hall–Kier alpha value is -3.22. The third kappa shape index (κ3) is 6.01. The average molecular weight is 469 g/mol. The number of aromatic nitrogens is 1. The predicted octanol–water partition coefficient (Wildman–Crippen LogP) is 6.38. The highest BCUT2D eigenvalue weighted by Crippen LogP contribution is 2.38. The van der Waals surface area contributed by atoms with Gasteiger partial charge in [-0.25, -0.2) is 4.79 Å². The van der Waals surface area contributed by atoms with Crippen LogP contribution in [0.5, 0.6) is 17.2 Å². The van der Waals surface area contributed by atoms with Crippen molar-refractivity contribution in [1.29, 1.82) is 0 Å². The summed E-state index contributed by atoms with van der Waals surface area (Å²) < 4.78 is 22.7. The number of alkyl carbamates (subject to hydrolysis) is 1. The van der Waals surface area contributed by atoms with Crippen molar-refractivity contribution in [2.75, 3.05) is 14.2 Å². The van der Waals surface area contributed by atoms with Gasteiger partial charge in [0.05, 0.1) is 19.7 Å². The Morgan fingerprint density at radius 2 is 1.79 bits per heavy atom. The van der Waals surface area contributed by atoms with Crippen molar-refractivity contribution in [1.82, 2.24) is 10.3 Å². The van der Waals surface area contributed by atoms with Crippen molar-refractivity contribution in [3.8, 4) is 17.2 Å². The van der Waals surface area contributed by atoms with Gasteiger partial charge in [-0.2, -0.15) is 0 Å². The number of nitrogens with zero attached hydrogens (tertiary/aromatic N) is 1. The van der Waals surface area contributed by atoms with E-state index in [9.17, 15) is 4.79 Å². The minimum Gasteiger partial charge on any atom is -0.493 e. The van der Waals surface area contributed by atoms with Crippen LogP contribution in [0.4, 0.5) is 4.79 Å². The zero-order valence-corrected chi connectivity index (χ0v) is 21.0. The number of pyridine rings is 1. The first kappa shape index (κ1) is 25.4. The van der Waals surface area contributed by atoms with Gasteiger partial charge in [0.2, 0.25) is 0 Å². The van der Waals surface area contributed by atoms with Crippen LogP contribution in [0.15, 0.2) is 48.0 Å². The van der Waals surface area contributed by atoms with E-state index in [4.69, 9.17) is 18.9 Å². The van der Waals surface area contributed by atoms with Gasteiger partial charge in [-0.05, 0) is 44.1 Å². The van der Waals surface area contributed by atoms with Crippen molar-refractivity contribution in [3.05, 3.63) is 48.0 Å². The maximum absolute atomic E-state index is 12.4. The first-order valence-electron chi connectivity index (χ1n) is 12.0. The Morgan fingerprint density at radius 1 is 1.06 bits per heavy atom. The van der Waals surface area contributed by atoms with Gasteiger partial charge in [0, 0.05) is 35.2 Å². The monoisotopic (exact) mass is 468 g/mol. The van der Waals surface area contributed by atoms with E-state index in [0.29, 0.717) is 17.2 Å². The molecule has 1 unspecified atom stereocenters. The normalized spacial score (nSPS) is 18.5. The Labute approximate surface area is 202 Å². The van der Waals surface area contributed by atoms with E-state index in [1.54, 1.807) is 20.4 Å². The number of fused-ring (bicyclic) bond motifs is 1. The van der Waals surface area contributed by atoms with Crippen LogP contribution in [0, 0.1) is 11.8 Å². The fourth-order valence-corrected chi connectivity index (χ4v) is 4.01. The lowest BCUT2D eigenvalue weighted by atomic mass is 9.87. The van der Waals surface area contributed by atoms with Crippen molar-refractivity contribution in [2.24, 2.45) is 11.8 Å². The topological polar surface area (TPSA) is 78.9 Å². The van der Waals surface area contributed by atoms with Crippen LogP contribution < -0.4 is 19.5 Å². The molecule has 1 heterocycles. The molecule has 0 bridgehead atoms. The second kappa shape index (κ2) is 11.8. The molecule has 3 atom stereocenters. The Morgan fingerprint density at radius 3 is 2.50 bits per heavy atom. The first-order valence-corrected chi connectivity index (χ1v) is 12.0. The molecule has 1 amide bonds. The van der Waals surface area contributed by atoms with Crippen LogP contribution in [-0.2, 0) is 4.74 Å². The highest BCUT2D eigenvalue weighted by atomic mass is 16.6. The van der Waals surface area contributed by atoms with E-state index in [1.807, 2.05) is 37.3 Å². The maximum Gasteiger partial charge on any atom is 0.411 e. The minimum atomic E-state index is -0.409. The summed E-state index contributed by atoms with van der Waals surface area (Å²) in [7, 11) is 3.20. The van der Waals surface area contributed by atoms with Gasteiger partial charge in [-0.3, -0.25) is 10.3 Å². The lowest BCUT2D eigenvalue weighted by molar-refractivity contribution is 0.102. The third-order valence-corrected chi connectivity index (χ3v) is 6.32. The maximum atomic E-state index is 12.4. The quantitative estimate of drug-likeness (QED) is 0.408. The number of methoxy groups -OCH3 is 2. The summed E-state index contributed by atoms with van der Waals surface area (Å²) in [6.45, 7) is 8.24. The van der Waals surface area contributed by atoms with E-state index in [-0.39, 0.29) is 17.9 Å². The van der Waals surface area contributed by atoms with Crippen LogP contribution in [0.1, 0.15) is 53.4 Å².